The summed E-state index contributed by atoms with van der Waals surface area (Å²) in [7, 11) is 0. The van der Waals surface area contributed by atoms with Gasteiger partial charge in [0, 0.05) is 22.0 Å². The Labute approximate surface area is 196 Å². The Morgan fingerprint density at radius 2 is 2.13 bits per heavy atom. The van der Waals surface area contributed by atoms with E-state index in [2.05, 4.69) is 20.5 Å². The van der Waals surface area contributed by atoms with Gasteiger partial charge in [-0.2, -0.15) is 0 Å². The highest BCUT2D eigenvalue weighted by Crippen LogP contribution is 2.33. The number of amides is 1. The van der Waals surface area contributed by atoms with Crippen LogP contribution < -0.4 is 5.32 Å². The molecule has 0 saturated carbocycles. The lowest BCUT2D eigenvalue weighted by Crippen LogP contribution is -2.15. The summed E-state index contributed by atoms with van der Waals surface area (Å²) in [5, 5.41) is 15.3. The minimum Gasteiger partial charge on any atom is -0.461 e. The SMILES string of the molecule is CC(C)n1c(SCC(=O)Nc2nc(-c3ccc(Cl)cc3Cl)cs2)nnc1-c1ccco1. The van der Waals surface area contributed by atoms with Crippen molar-refractivity contribution in [2.75, 3.05) is 11.1 Å². The number of carbonyl (C=O) groups is 1. The molecule has 1 aromatic carbocycles. The molecule has 0 radical (unpaired) electrons. The van der Waals surface area contributed by atoms with Gasteiger partial charge >= 0.3 is 0 Å². The zero-order chi connectivity index (χ0) is 22.0. The normalized spacial score (nSPS) is 11.3. The number of anilines is 1. The van der Waals surface area contributed by atoms with Crippen LogP contribution in [-0.4, -0.2) is 31.4 Å². The molecule has 0 unspecified atom stereocenters. The van der Waals surface area contributed by atoms with Crippen LogP contribution in [0.4, 0.5) is 5.13 Å². The highest BCUT2D eigenvalue weighted by molar-refractivity contribution is 7.99. The zero-order valence-electron chi connectivity index (χ0n) is 16.5. The number of aromatic nitrogens is 4. The van der Waals surface area contributed by atoms with E-state index in [1.165, 1.54) is 23.1 Å². The lowest BCUT2D eigenvalue weighted by molar-refractivity contribution is -0.113. The molecule has 3 aromatic heterocycles. The van der Waals surface area contributed by atoms with Crippen LogP contribution in [0.2, 0.25) is 10.0 Å². The largest absolute Gasteiger partial charge is 0.461 e. The van der Waals surface area contributed by atoms with Crippen molar-refractivity contribution in [1.29, 1.82) is 0 Å². The molecule has 7 nitrogen and oxygen atoms in total. The fourth-order valence-electron chi connectivity index (χ4n) is 2.85. The van der Waals surface area contributed by atoms with Crippen molar-refractivity contribution in [3.05, 3.63) is 52.0 Å². The first-order valence-corrected chi connectivity index (χ1v) is 11.9. The van der Waals surface area contributed by atoms with Gasteiger partial charge in [0.2, 0.25) is 11.7 Å². The van der Waals surface area contributed by atoms with Gasteiger partial charge in [0.05, 0.1) is 22.7 Å². The predicted molar refractivity (Wildman–Crippen MR) is 125 cm³/mol. The summed E-state index contributed by atoms with van der Waals surface area (Å²) in [4.78, 5) is 16.9. The summed E-state index contributed by atoms with van der Waals surface area (Å²) in [6.07, 6.45) is 1.59. The Morgan fingerprint density at radius 3 is 2.84 bits per heavy atom. The van der Waals surface area contributed by atoms with Crippen LogP contribution in [0.3, 0.4) is 0 Å². The van der Waals surface area contributed by atoms with Gasteiger partial charge < -0.3 is 9.73 Å². The lowest BCUT2D eigenvalue weighted by Gasteiger charge is -2.12. The minimum atomic E-state index is -0.189. The lowest BCUT2D eigenvalue weighted by atomic mass is 10.2. The Balaban J connectivity index is 1.42. The van der Waals surface area contributed by atoms with Crippen LogP contribution >= 0.6 is 46.3 Å². The standard InChI is InChI=1S/C20H17Cl2N5O2S2/c1-11(2)27-18(16-4-3-7-29-16)25-26-20(27)31-10-17(28)24-19-23-15(9-30-19)13-6-5-12(21)8-14(13)22/h3-9,11H,10H2,1-2H3,(H,23,24,28). The van der Waals surface area contributed by atoms with Gasteiger partial charge in [-0.15, -0.1) is 21.5 Å². The van der Waals surface area contributed by atoms with Crippen molar-refractivity contribution in [2.24, 2.45) is 0 Å². The molecule has 4 aromatic rings. The second kappa shape index (κ2) is 9.44. The summed E-state index contributed by atoms with van der Waals surface area (Å²) in [6.45, 7) is 4.05. The van der Waals surface area contributed by atoms with E-state index in [9.17, 15) is 4.79 Å². The molecule has 1 N–H and O–H groups in total. The number of thioether (sulfide) groups is 1. The molecule has 160 valence electrons. The number of benzene rings is 1. The van der Waals surface area contributed by atoms with Gasteiger partial charge in [-0.05, 0) is 44.2 Å². The predicted octanol–water partition coefficient (Wildman–Crippen LogP) is 6.28. The number of nitrogens with zero attached hydrogens (tertiary/aromatic N) is 4. The van der Waals surface area contributed by atoms with Crippen molar-refractivity contribution >= 4 is 57.3 Å². The van der Waals surface area contributed by atoms with Gasteiger partial charge in [-0.25, -0.2) is 4.98 Å². The number of furan rings is 1. The number of halogens is 2. The molecular weight excluding hydrogens is 477 g/mol. The fraction of sp³-hybridized carbons (Fsp3) is 0.200. The van der Waals surface area contributed by atoms with E-state index in [-0.39, 0.29) is 17.7 Å². The van der Waals surface area contributed by atoms with Crippen LogP contribution in [0.25, 0.3) is 22.8 Å². The highest BCUT2D eigenvalue weighted by atomic mass is 35.5. The number of hydrogen-bond donors (Lipinski definition) is 1. The van der Waals surface area contributed by atoms with E-state index < -0.39 is 0 Å². The summed E-state index contributed by atoms with van der Waals surface area (Å²) in [6, 6.07) is 8.95. The Hall–Kier alpha value is -2.33. The number of hydrogen-bond acceptors (Lipinski definition) is 7. The van der Waals surface area contributed by atoms with Crippen molar-refractivity contribution in [2.45, 2.75) is 25.0 Å². The molecule has 0 saturated heterocycles. The van der Waals surface area contributed by atoms with E-state index in [1.807, 2.05) is 29.9 Å². The summed E-state index contributed by atoms with van der Waals surface area (Å²) in [5.41, 5.74) is 1.44. The Morgan fingerprint density at radius 1 is 1.29 bits per heavy atom. The third-order valence-electron chi connectivity index (χ3n) is 4.21. The molecule has 0 aliphatic heterocycles. The molecule has 4 rings (SSSR count). The van der Waals surface area contributed by atoms with Crippen molar-refractivity contribution in [3.63, 3.8) is 0 Å². The van der Waals surface area contributed by atoms with E-state index in [4.69, 9.17) is 27.6 Å². The highest BCUT2D eigenvalue weighted by Gasteiger charge is 2.19. The number of nitrogens with one attached hydrogen (secondary N) is 1. The fourth-order valence-corrected chi connectivity index (χ4v) is 4.95. The first kappa shape index (κ1) is 21.9. The molecule has 0 bridgehead atoms. The average Bonchev–Trinajstić information content (AvgIpc) is 3.46. The molecule has 0 spiro atoms. The van der Waals surface area contributed by atoms with Crippen LogP contribution in [0, 0.1) is 0 Å². The summed E-state index contributed by atoms with van der Waals surface area (Å²) >= 11 is 14.8. The second-order valence-electron chi connectivity index (χ2n) is 6.75. The molecule has 11 heteroatoms. The van der Waals surface area contributed by atoms with Crippen molar-refractivity contribution < 1.29 is 9.21 Å². The third-order valence-corrected chi connectivity index (χ3v) is 6.46. The van der Waals surface area contributed by atoms with E-state index >= 15 is 0 Å². The maximum Gasteiger partial charge on any atom is 0.236 e. The third kappa shape index (κ3) is 4.95. The van der Waals surface area contributed by atoms with Gasteiger partial charge in [-0.3, -0.25) is 9.36 Å². The van der Waals surface area contributed by atoms with Crippen molar-refractivity contribution in [3.8, 4) is 22.8 Å². The maximum atomic E-state index is 12.5. The molecule has 3 heterocycles. The van der Waals surface area contributed by atoms with Crippen LogP contribution in [-0.2, 0) is 4.79 Å². The molecule has 0 aliphatic rings. The number of rotatable bonds is 7. The minimum absolute atomic E-state index is 0.103. The van der Waals surface area contributed by atoms with Crippen LogP contribution in [0.15, 0.2) is 51.5 Å². The topological polar surface area (TPSA) is 85.8 Å². The monoisotopic (exact) mass is 493 g/mol. The zero-order valence-corrected chi connectivity index (χ0v) is 19.6. The van der Waals surface area contributed by atoms with Gasteiger partial charge in [0.25, 0.3) is 0 Å². The Bertz CT molecular complexity index is 1200. The van der Waals surface area contributed by atoms with E-state index in [0.717, 1.165) is 5.56 Å². The molecule has 31 heavy (non-hydrogen) atoms. The van der Waals surface area contributed by atoms with E-state index in [1.54, 1.807) is 30.5 Å². The van der Waals surface area contributed by atoms with E-state index in [0.29, 0.717) is 37.6 Å². The first-order chi connectivity index (χ1) is 14.9. The van der Waals surface area contributed by atoms with Crippen molar-refractivity contribution in [1.82, 2.24) is 19.7 Å². The Kier molecular flexibility index (Phi) is 6.66. The van der Waals surface area contributed by atoms with Gasteiger partial charge in [0.15, 0.2) is 16.0 Å². The number of carbonyl (C=O) groups excluding carboxylic acids is 1. The molecule has 0 aliphatic carbocycles. The van der Waals surface area contributed by atoms with Gasteiger partial charge in [0.1, 0.15) is 0 Å². The smallest absolute Gasteiger partial charge is 0.236 e. The number of thiazole rings is 1. The average molecular weight is 494 g/mol. The summed E-state index contributed by atoms with van der Waals surface area (Å²) in [5.74, 6) is 1.24. The van der Waals surface area contributed by atoms with Crippen LogP contribution in [0.1, 0.15) is 19.9 Å². The first-order valence-electron chi connectivity index (χ1n) is 9.24. The quantitative estimate of drug-likeness (QED) is 0.305. The molecular formula is C20H17Cl2N5O2S2. The second-order valence-corrected chi connectivity index (χ2v) is 9.39. The maximum absolute atomic E-state index is 12.5. The molecule has 0 atom stereocenters. The summed E-state index contributed by atoms with van der Waals surface area (Å²) < 4.78 is 7.39. The molecule has 0 fully saturated rings. The van der Waals surface area contributed by atoms with Crippen LogP contribution in [0.5, 0.6) is 0 Å². The van der Waals surface area contributed by atoms with Gasteiger partial charge in [-0.1, -0.05) is 35.0 Å². The molecule has 1 amide bonds.